The smallest absolute Gasteiger partial charge is 0.411 e. The van der Waals surface area contributed by atoms with Gasteiger partial charge in [-0.3, -0.25) is 14.9 Å². The molecule has 0 aliphatic heterocycles. The fraction of sp³-hybridized carbons (Fsp3) is 0.304. The zero-order valence-electron chi connectivity index (χ0n) is 18.3. The zero-order chi connectivity index (χ0) is 23.9. The van der Waals surface area contributed by atoms with E-state index < -0.39 is 23.4 Å². The lowest BCUT2D eigenvalue weighted by Crippen LogP contribution is -2.35. The van der Waals surface area contributed by atoms with Crippen molar-refractivity contribution in [3.05, 3.63) is 55.6 Å². The summed E-state index contributed by atoms with van der Waals surface area (Å²) in [5.74, 6) is -1.57. The number of hydrogen-bond acceptors (Lipinski definition) is 6. The number of carboxylic acid groups (broad SMARTS) is 1. The summed E-state index contributed by atoms with van der Waals surface area (Å²) in [5.41, 5.74) is -0.186. The summed E-state index contributed by atoms with van der Waals surface area (Å²) in [6.45, 7) is 10.7. The Kier molecular flexibility index (Phi) is 7.95. The van der Waals surface area contributed by atoms with Crippen LogP contribution in [0, 0.1) is 5.92 Å². The molecule has 9 heteroatoms. The predicted octanol–water partition coefficient (Wildman–Crippen LogP) is 4.59. The summed E-state index contributed by atoms with van der Waals surface area (Å²) in [7, 11) is 1.24. The lowest BCUT2D eigenvalue weighted by atomic mass is 9.81. The molecule has 1 aromatic carbocycles. The lowest BCUT2D eigenvalue weighted by molar-refractivity contribution is -0.144. The minimum absolute atomic E-state index is 0.0379. The predicted molar refractivity (Wildman–Crippen MR) is 120 cm³/mol. The van der Waals surface area contributed by atoms with Crippen LogP contribution in [0.4, 0.5) is 16.2 Å². The van der Waals surface area contributed by atoms with Crippen molar-refractivity contribution in [2.75, 3.05) is 17.7 Å². The van der Waals surface area contributed by atoms with Crippen molar-refractivity contribution in [1.82, 2.24) is 4.98 Å². The number of hydrogen-bond donors (Lipinski definition) is 3. The van der Waals surface area contributed by atoms with Crippen LogP contribution in [0.1, 0.15) is 32.6 Å². The molecule has 2 amide bonds. The largest absolute Gasteiger partial charge is 0.480 e. The van der Waals surface area contributed by atoms with E-state index >= 15 is 0 Å². The van der Waals surface area contributed by atoms with Crippen molar-refractivity contribution in [3.63, 3.8) is 0 Å². The highest BCUT2D eigenvalue weighted by Gasteiger charge is 2.42. The van der Waals surface area contributed by atoms with Gasteiger partial charge in [0.1, 0.15) is 5.41 Å². The molecule has 32 heavy (non-hydrogen) atoms. The molecule has 2 atom stereocenters. The number of aromatic nitrogens is 1. The first-order valence-corrected chi connectivity index (χ1v) is 9.95. The van der Waals surface area contributed by atoms with E-state index in [0.717, 1.165) is 0 Å². The fourth-order valence-electron chi connectivity index (χ4n) is 3.04. The number of carbonyl (C=O) groups is 3. The Bertz CT molecular complexity index is 1030. The van der Waals surface area contributed by atoms with Gasteiger partial charge in [-0.2, -0.15) is 0 Å². The topological polar surface area (TPSA) is 131 Å². The first kappa shape index (κ1) is 24.4. The van der Waals surface area contributed by atoms with Crippen LogP contribution in [0.5, 0.6) is 0 Å². The molecule has 0 spiro atoms. The maximum Gasteiger partial charge on any atom is 0.411 e. The van der Waals surface area contributed by atoms with Crippen LogP contribution in [-0.4, -0.2) is 35.2 Å². The van der Waals surface area contributed by atoms with Gasteiger partial charge in [-0.15, -0.1) is 13.2 Å². The van der Waals surface area contributed by atoms with E-state index in [0.29, 0.717) is 16.9 Å². The summed E-state index contributed by atoms with van der Waals surface area (Å²) in [4.78, 5) is 40.3. The third kappa shape index (κ3) is 5.05. The van der Waals surface area contributed by atoms with E-state index in [1.807, 2.05) is 0 Å². The van der Waals surface area contributed by atoms with E-state index in [-0.39, 0.29) is 30.4 Å². The number of allylic oxidation sites excluding steroid dienone is 1. The zero-order valence-corrected chi connectivity index (χ0v) is 18.3. The SMILES string of the molecule is C=CCC(CC)(C(=O)O)c1ncc(-c2ccc(NC(=O)OC)cc2NC(=O)[C@H](C)C=C)o1. The molecular weight excluding hydrogens is 414 g/mol. The second-order valence-electron chi connectivity index (χ2n) is 7.15. The molecule has 3 N–H and O–H groups in total. The van der Waals surface area contributed by atoms with Crippen molar-refractivity contribution in [3.8, 4) is 11.3 Å². The number of nitrogens with zero attached hydrogens (tertiary/aromatic N) is 1. The summed E-state index contributed by atoms with van der Waals surface area (Å²) < 4.78 is 10.5. The fourth-order valence-corrected chi connectivity index (χ4v) is 3.04. The van der Waals surface area contributed by atoms with Gasteiger partial charge >= 0.3 is 12.1 Å². The van der Waals surface area contributed by atoms with E-state index in [4.69, 9.17) is 4.42 Å². The normalized spacial score (nSPS) is 13.3. The number of rotatable bonds is 10. The van der Waals surface area contributed by atoms with Crippen LogP contribution in [0.2, 0.25) is 0 Å². The second-order valence-corrected chi connectivity index (χ2v) is 7.15. The third-order valence-corrected chi connectivity index (χ3v) is 5.16. The molecule has 1 unspecified atom stereocenters. The van der Waals surface area contributed by atoms with E-state index in [2.05, 4.69) is 33.5 Å². The van der Waals surface area contributed by atoms with Gasteiger partial charge in [0.15, 0.2) is 5.76 Å². The maximum absolute atomic E-state index is 12.5. The Balaban J connectivity index is 2.55. The number of anilines is 2. The summed E-state index contributed by atoms with van der Waals surface area (Å²) in [6.07, 6.45) is 4.13. The van der Waals surface area contributed by atoms with E-state index in [1.54, 1.807) is 26.0 Å². The van der Waals surface area contributed by atoms with Gasteiger partial charge in [0.25, 0.3) is 0 Å². The number of ether oxygens (including phenoxy) is 1. The van der Waals surface area contributed by atoms with Gasteiger partial charge in [0, 0.05) is 11.3 Å². The average molecular weight is 441 g/mol. The maximum atomic E-state index is 12.5. The standard InChI is InChI=1S/C23H27N3O6/c1-6-11-23(8-3,21(28)29)20-24-13-18(32-20)16-10-9-15(25-22(30)31-5)12-17(16)26-19(27)14(4)7-2/h6-7,9-10,12-14H,1-2,8,11H2,3-5H3,(H,25,30)(H,26,27)(H,28,29)/t14-,23?/m1/s1. The number of benzene rings is 1. The number of aliphatic carboxylic acids is 1. The number of nitrogens with one attached hydrogen (secondary N) is 2. The van der Waals surface area contributed by atoms with Gasteiger partial charge in [-0.1, -0.05) is 26.0 Å². The minimum atomic E-state index is -1.35. The Morgan fingerprint density at radius 1 is 1.31 bits per heavy atom. The number of carboxylic acids is 1. The summed E-state index contributed by atoms with van der Waals surface area (Å²) >= 11 is 0. The number of methoxy groups -OCH3 is 1. The minimum Gasteiger partial charge on any atom is -0.480 e. The van der Waals surface area contributed by atoms with Gasteiger partial charge in [0.2, 0.25) is 11.8 Å². The molecule has 2 rings (SSSR count). The van der Waals surface area contributed by atoms with E-state index in [9.17, 15) is 19.5 Å². The van der Waals surface area contributed by atoms with Crippen LogP contribution in [0.15, 0.2) is 54.1 Å². The van der Waals surface area contributed by atoms with Crippen molar-refractivity contribution in [2.45, 2.75) is 32.1 Å². The highest BCUT2D eigenvalue weighted by molar-refractivity contribution is 5.98. The van der Waals surface area contributed by atoms with Gasteiger partial charge in [0.05, 0.1) is 24.9 Å². The Hall–Kier alpha value is -3.88. The molecular formula is C23H27N3O6. The lowest BCUT2D eigenvalue weighted by Gasteiger charge is -2.22. The van der Waals surface area contributed by atoms with Crippen LogP contribution in [0.3, 0.4) is 0 Å². The average Bonchev–Trinajstić information content (AvgIpc) is 3.26. The van der Waals surface area contributed by atoms with Crippen molar-refractivity contribution >= 4 is 29.3 Å². The molecule has 0 aliphatic rings. The van der Waals surface area contributed by atoms with Gasteiger partial charge in [-0.25, -0.2) is 9.78 Å². The molecule has 0 saturated carbocycles. The quantitative estimate of drug-likeness (QED) is 0.460. The van der Waals surface area contributed by atoms with Crippen molar-refractivity contribution < 1.29 is 28.6 Å². The Morgan fingerprint density at radius 2 is 2.03 bits per heavy atom. The highest BCUT2D eigenvalue weighted by atomic mass is 16.5. The monoisotopic (exact) mass is 441 g/mol. The summed E-state index contributed by atoms with van der Waals surface area (Å²) in [5, 5.41) is 15.1. The molecule has 1 heterocycles. The number of oxazole rings is 1. The first-order valence-electron chi connectivity index (χ1n) is 9.95. The molecule has 0 bridgehead atoms. The molecule has 0 saturated heterocycles. The van der Waals surface area contributed by atoms with Crippen LogP contribution < -0.4 is 10.6 Å². The van der Waals surface area contributed by atoms with Crippen LogP contribution in [-0.2, 0) is 19.7 Å². The Labute approximate surface area is 186 Å². The third-order valence-electron chi connectivity index (χ3n) is 5.16. The van der Waals surface area contributed by atoms with Crippen molar-refractivity contribution in [2.24, 2.45) is 5.92 Å². The van der Waals surface area contributed by atoms with Crippen LogP contribution >= 0.6 is 0 Å². The molecule has 170 valence electrons. The summed E-state index contributed by atoms with van der Waals surface area (Å²) in [6, 6.07) is 4.75. The first-order chi connectivity index (χ1) is 15.2. The van der Waals surface area contributed by atoms with Crippen LogP contribution in [0.25, 0.3) is 11.3 Å². The number of amides is 2. The second kappa shape index (κ2) is 10.4. The number of carbonyl (C=O) groups excluding carboxylic acids is 2. The highest BCUT2D eigenvalue weighted by Crippen LogP contribution is 2.37. The van der Waals surface area contributed by atoms with Gasteiger partial charge < -0.3 is 19.6 Å². The molecule has 2 aromatic rings. The molecule has 9 nitrogen and oxygen atoms in total. The van der Waals surface area contributed by atoms with E-state index in [1.165, 1.54) is 31.5 Å². The molecule has 0 aliphatic carbocycles. The van der Waals surface area contributed by atoms with Gasteiger partial charge in [-0.05, 0) is 31.0 Å². The molecule has 0 fully saturated rings. The van der Waals surface area contributed by atoms with Crippen molar-refractivity contribution in [1.29, 1.82) is 0 Å². The molecule has 0 radical (unpaired) electrons. The Morgan fingerprint density at radius 3 is 2.59 bits per heavy atom. The molecule has 1 aromatic heterocycles.